The maximum atomic E-state index is 10.8. The molecule has 0 spiro atoms. The fourth-order valence-corrected chi connectivity index (χ4v) is 2.72. The number of carbonyl (C=O) groups is 1. The standard InChI is InChI=1S/C19H21BrO4/c1-13-4-3-5-17(14(13)2)23-10-11-24-18-8-7-16(20)12-15(18)6-9-19(21)22/h3-5,7-8,12H,6,9-11H2,1-2H3,(H,21,22). The van der Waals surface area contributed by atoms with Gasteiger partial charge < -0.3 is 14.6 Å². The summed E-state index contributed by atoms with van der Waals surface area (Å²) < 4.78 is 12.5. The van der Waals surface area contributed by atoms with Gasteiger partial charge in [-0.2, -0.15) is 0 Å². The monoisotopic (exact) mass is 392 g/mol. The molecule has 0 radical (unpaired) electrons. The molecule has 0 aromatic heterocycles. The SMILES string of the molecule is Cc1cccc(OCCOc2ccc(Br)cc2CCC(=O)O)c1C. The topological polar surface area (TPSA) is 55.8 Å². The largest absolute Gasteiger partial charge is 0.490 e. The number of carboxylic acid groups (broad SMARTS) is 1. The highest BCUT2D eigenvalue weighted by Crippen LogP contribution is 2.25. The summed E-state index contributed by atoms with van der Waals surface area (Å²) in [6, 6.07) is 11.6. The van der Waals surface area contributed by atoms with Crippen LogP contribution >= 0.6 is 15.9 Å². The van der Waals surface area contributed by atoms with Gasteiger partial charge in [-0.3, -0.25) is 4.79 Å². The van der Waals surface area contributed by atoms with Crippen LogP contribution in [0, 0.1) is 13.8 Å². The minimum Gasteiger partial charge on any atom is -0.490 e. The second-order valence-electron chi connectivity index (χ2n) is 5.54. The first-order valence-electron chi connectivity index (χ1n) is 7.79. The molecule has 0 aliphatic carbocycles. The van der Waals surface area contributed by atoms with Crippen LogP contribution in [0.2, 0.25) is 0 Å². The van der Waals surface area contributed by atoms with Gasteiger partial charge in [-0.1, -0.05) is 28.1 Å². The average Bonchev–Trinajstić information content (AvgIpc) is 2.54. The van der Waals surface area contributed by atoms with E-state index >= 15 is 0 Å². The summed E-state index contributed by atoms with van der Waals surface area (Å²) >= 11 is 3.40. The number of carboxylic acids is 1. The first kappa shape index (κ1) is 18.3. The van der Waals surface area contributed by atoms with E-state index in [-0.39, 0.29) is 6.42 Å². The number of halogens is 1. The zero-order chi connectivity index (χ0) is 17.5. The lowest BCUT2D eigenvalue weighted by molar-refractivity contribution is -0.136. The molecule has 1 N–H and O–H groups in total. The molecule has 24 heavy (non-hydrogen) atoms. The van der Waals surface area contributed by atoms with Gasteiger partial charge in [-0.15, -0.1) is 0 Å². The molecular formula is C19H21BrO4. The normalized spacial score (nSPS) is 10.5. The van der Waals surface area contributed by atoms with Crippen LogP contribution in [0.15, 0.2) is 40.9 Å². The molecule has 0 amide bonds. The van der Waals surface area contributed by atoms with Crippen molar-refractivity contribution < 1.29 is 19.4 Å². The minimum atomic E-state index is -0.820. The molecule has 0 aliphatic heterocycles. The van der Waals surface area contributed by atoms with E-state index in [2.05, 4.69) is 28.9 Å². The number of aliphatic carboxylic acids is 1. The maximum absolute atomic E-state index is 10.8. The zero-order valence-corrected chi connectivity index (χ0v) is 15.4. The molecular weight excluding hydrogens is 372 g/mol. The number of rotatable bonds is 8. The third-order valence-electron chi connectivity index (χ3n) is 3.78. The van der Waals surface area contributed by atoms with E-state index < -0.39 is 5.97 Å². The van der Waals surface area contributed by atoms with E-state index in [1.165, 1.54) is 5.56 Å². The van der Waals surface area contributed by atoms with Gasteiger partial charge in [-0.25, -0.2) is 0 Å². The van der Waals surface area contributed by atoms with Crippen LogP contribution < -0.4 is 9.47 Å². The number of benzene rings is 2. The Morgan fingerprint density at radius 1 is 1.08 bits per heavy atom. The fraction of sp³-hybridized carbons (Fsp3) is 0.316. The van der Waals surface area contributed by atoms with Crippen LogP contribution in [0.5, 0.6) is 11.5 Å². The predicted molar refractivity (Wildman–Crippen MR) is 97.0 cm³/mol. The lowest BCUT2D eigenvalue weighted by atomic mass is 10.1. The molecule has 0 saturated heterocycles. The number of aryl methyl sites for hydroxylation is 2. The highest BCUT2D eigenvalue weighted by atomic mass is 79.9. The highest BCUT2D eigenvalue weighted by molar-refractivity contribution is 9.10. The van der Waals surface area contributed by atoms with Gasteiger partial charge in [0.2, 0.25) is 0 Å². The lowest BCUT2D eigenvalue weighted by Crippen LogP contribution is -2.11. The maximum Gasteiger partial charge on any atom is 0.303 e. The molecule has 2 rings (SSSR count). The third kappa shape index (κ3) is 5.27. The van der Waals surface area contributed by atoms with Crippen LogP contribution in [0.4, 0.5) is 0 Å². The molecule has 0 heterocycles. The summed E-state index contributed by atoms with van der Waals surface area (Å²) in [6.07, 6.45) is 0.508. The molecule has 5 heteroatoms. The average molecular weight is 393 g/mol. The van der Waals surface area contributed by atoms with E-state index in [1.54, 1.807) is 0 Å². The van der Waals surface area contributed by atoms with Gasteiger partial charge in [0, 0.05) is 10.9 Å². The summed E-state index contributed by atoms with van der Waals surface area (Å²) in [5.41, 5.74) is 3.19. The first-order chi connectivity index (χ1) is 11.5. The highest BCUT2D eigenvalue weighted by Gasteiger charge is 2.08. The number of ether oxygens (including phenoxy) is 2. The molecule has 0 saturated carbocycles. The van der Waals surface area contributed by atoms with E-state index in [0.29, 0.717) is 25.4 Å². The predicted octanol–water partition coefficient (Wildman–Crippen LogP) is 4.54. The minimum absolute atomic E-state index is 0.0752. The van der Waals surface area contributed by atoms with Crippen LogP contribution in [0.1, 0.15) is 23.1 Å². The van der Waals surface area contributed by atoms with Gasteiger partial charge >= 0.3 is 5.97 Å². The van der Waals surface area contributed by atoms with Crippen molar-refractivity contribution in [2.45, 2.75) is 26.7 Å². The number of hydrogen-bond acceptors (Lipinski definition) is 3. The number of hydrogen-bond donors (Lipinski definition) is 1. The zero-order valence-electron chi connectivity index (χ0n) is 13.8. The van der Waals surface area contributed by atoms with Crippen LogP contribution in [-0.2, 0) is 11.2 Å². The van der Waals surface area contributed by atoms with Crippen molar-refractivity contribution in [1.82, 2.24) is 0 Å². The summed E-state index contributed by atoms with van der Waals surface area (Å²) in [4.78, 5) is 10.8. The van der Waals surface area contributed by atoms with Crippen molar-refractivity contribution in [2.24, 2.45) is 0 Å². The Hall–Kier alpha value is -2.01. The Morgan fingerprint density at radius 3 is 2.50 bits per heavy atom. The van der Waals surface area contributed by atoms with Crippen molar-refractivity contribution in [3.63, 3.8) is 0 Å². The molecule has 2 aromatic rings. The first-order valence-corrected chi connectivity index (χ1v) is 8.58. The smallest absolute Gasteiger partial charge is 0.303 e. The van der Waals surface area contributed by atoms with Crippen molar-refractivity contribution in [3.8, 4) is 11.5 Å². The van der Waals surface area contributed by atoms with Gasteiger partial charge in [0.25, 0.3) is 0 Å². The molecule has 0 atom stereocenters. The fourth-order valence-electron chi connectivity index (χ4n) is 2.31. The van der Waals surface area contributed by atoms with E-state index in [9.17, 15) is 4.79 Å². The Labute approximate surface area is 150 Å². The molecule has 4 nitrogen and oxygen atoms in total. The summed E-state index contributed by atoms with van der Waals surface area (Å²) in [5.74, 6) is 0.740. The molecule has 128 valence electrons. The second-order valence-corrected chi connectivity index (χ2v) is 6.46. The molecule has 0 unspecified atom stereocenters. The Bertz CT molecular complexity index is 713. The summed E-state index contributed by atoms with van der Waals surface area (Å²) in [7, 11) is 0. The van der Waals surface area contributed by atoms with E-state index in [4.69, 9.17) is 14.6 Å². The van der Waals surface area contributed by atoms with Gasteiger partial charge in [-0.05, 0) is 61.2 Å². The van der Waals surface area contributed by atoms with Crippen molar-refractivity contribution in [1.29, 1.82) is 0 Å². The molecule has 0 bridgehead atoms. The Morgan fingerprint density at radius 2 is 1.79 bits per heavy atom. The van der Waals surface area contributed by atoms with E-state index in [0.717, 1.165) is 21.3 Å². The van der Waals surface area contributed by atoms with Crippen molar-refractivity contribution in [3.05, 3.63) is 57.6 Å². The van der Waals surface area contributed by atoms with Crippen LogP contribution in [-0.4, -0.2) is 24.3 Å². The van der Waals surface area contributed by atoms with Gasteiger partial charge in [0.15, 0.2) is 0 Å². The molecule has 0 fully saturated rings. The lowest BCUT2D eigenvalue weighted by Gasteiger charge is -2.14. The van der Waals surface area contributed by atoms with Crippen LogP contribution in [0.3, 0.4) is 0 Å². The molecule has 0 aliphatic rings. The Kier molecular flexibility index (Phi) is 6.67. The van der Waals surface area contributed by atoms with Gasteiger partial charge in [0.1, 0.15) is 24.7 Å². The molecule has 2 aromatic carbocycles. The summed E-state index contributed by atoms with van der Waals surface area (Å²) in [6.45, 7) is 4.91. The van der Waals surface area contributed by atoms with Gasteiger partial charge in [0.05, 0.1) is 0 Å². The third-order valence-corrected chi connectivity index (χ3v) is 4.28. The second kappa shape index (κ2) is 8.73. The van der Waals surface area contributed by atoms with E-state index in [1.807, 2.05) is 37.3 Å². The van der Waals surface area contributed by atoms with Crippen molar-refractivity contribution >= 4 is 21.9 Å². The summed E-state index contributed by atoms with van der Waals surface area (Å²) in [5, 5.41) is 8.85. The van der Waals surface area contributed by atoms with Crippen LogP contribution in [0.25, 0.3) is 0 Å². The van der Waals surface area contributed by atoms with Crippen molar-refractivity contribution in [2.75, 3.05) is 13.2 Å². The Balaban J connectivity index is 1.92. The quantitative estimate of drug-likeness (QED) is 0.669.